The molecule has 2 unspecified atom stereocenters. The highest BCUT2D eigenvalue weighted by Crippen LogP contribution is 2.18. The minimum absolute atomic E-state index is 0.142. The van der Waals surface area contributed by atoms with Crippen molar-refractivity contribution in [2.24, 2.45) is 0 Å². The van der Waals surface area contributed by atoms with Gasteiger partial charge in [0.2, 0.25) is 5.56 Å². The molecule has 1 aromatic heterocycles. The quantitative estimate of drug-likeness (QED) is 0.487. The Morgan fingerprint density at radius 3 is 2.74 bits per heavy atom. The molecule has 6 nitrogen and oxygen atoms in total. The van der Waals surface area contributed by atoms with Gasteiger partial charge < -0.3 is 20.1 Å². The van der Waals surface area contributed by atoms with Gasteiger partial charge in [0, 0.05) is 40.7 Å². The molecule has 0 radical (unpaired) electrons. The first kappa shape index (κ1) is 19.3. The fourth-order valence-corrected chi connectivity index (χ4v) is 3.62. The van der Waals surface area contributed by atoms with E-state index in [4.69, 9.17) is 4.74 Å². The number of benzene rings is 2. The van der Waals surface area contributed by atoms with Crippen molar-refractivity contribution in [3.05, 3.63) is 71.0 Å². The number of aromatic amines is 1. The number of fused-ring (bicyclic) bond motifs is 1. The molecule has 0 saturated heterocycles. The topological polar surface area (TPSA) is 91.4 Å². The molecular weight excluding hydrogens is 364 g/mol. The average Bonchev–Trinajstić information content (AvgIpc) is 2.70. The van der Waals surface area contributed by atoms with Crippen LogP contribution < -0.4 is 15.6 Å². The zero-order valence-electron chi connectivity index (χ0n) is 14.8. The first-order chi connectivity index (χ1) is 13.1. The van der Waals surface area contributed by atoms with Gasteiger partial charge in [-0.3, -0.25) is 9.00 Å². The molecule has 0 fully saturated rings. The lowest BCUT2D eigenvalue weighted by Gasteiger charge is -2.13. The van der Waals surface area contributed by atoms with Crippen molar-refractivity contribution in [3.63, 3.8) is 0 Å². The molecule has 3 rings (SSSR count). The third kappa shape index (κ3) is 5.75. The fraction of sp³-hybridized carbons (Fsp3) is 0.250. The number of aliphatic hydroxyl groups excluding tert-OH is 1. The molecule has 0 saturated carbocycles. The number of pyridine rings is 1. The number of ether oxygens (including phenoxy) is 1. The van der Waals surface area contributed by atoms with Crippen LogP contribution in [-0.4, -0.2) is 45.9 Å². The second-order valence-corrected chi connectivity index (χ2v) is 7.67. The van der Waals surface area contributed by atoms with Crippen molar-refractivity contribution in [3.8, 4) is 5.75 Å². The lowest BCUT2D eigenvalue weighted by Crippen LogP contribution is -2.33. The Hall–Kier alpha value is -2.48. The van der Waals surface area contributed by atoms with E-state index in [1.807, 2.05) is 36.4 Å². The minimum atomic E-state index is -1.05. The number of hydrogen-bond donors (Lipinski definition) is 3. The van der Waals surface area contributed by atoms with E-state index >= 15 is 0 Å². The first-order valence-corrected chi connectivity index (χ1v) is 10.0. The zero-order valence-corrected chi connectivity index (χ0v) is 15.6. The largest absolute Gasteiger partial charge is 0.491 e. The van der Waals surface area contributed by atoms with Gasteiger partial charge in [0.25, 0.3) is 0 Å². The standard InChI is InChI=1S/C20H22N2O4S/c23-16(13-21-10-11-27(25)18-4-2-1-3-5-18)14-26-17-7-8-19-15(12-17)6-9-20(24)22-19/h1-9,12,16,21,23H,10-11,13-14H2,(H,22,24). The van der Waals surface area contributed by atoms with E-state index in [0.717, 1.165) is 15.8 Å². The number of nitrogens with one attached hydrogen (secondary N) is 2. The Morgan fingerprint density at radius 1 is 1.11 bits per heavy atom. The third-order valence-electron chi connectivity index (χ3n) is 3.99. The molecule has 3 N–H and O–H groups in total. The summed E-state index contributed by atoms with van der Waals surface area (Å²) in [5.74, 6) is 1.11. The first-order valence-electron chi connectivity index (χ1n) is 8.70. The fourth-order valence-electron chi connectivity index (χ4n) is 2.60. The predicted molar refractivity (Wildman–Crippen MR) is 107 cm³/mol. The maximum Gasteiger partial charge on any atom is 0.248 e. The summed E-state index contributed by atoms with van der Waals surface area (Å²) in [5, 5.41) is 14.0. The van der Waals surface area contributed by atoms with Gasteiger partial charge in [-0.15, -0.1) is 0 Å². The van der Waals surface area contributed by atoms with Crippen LogP contribution in [-0.2, 0) is 10.8 Å². The number of aromatic nitrogens is 1. The lowest BCUT2D eigenvalue weighted by molar-refractivity contribution is 0.107. The van der Waals surface area contributed by atoms with Crippen LogP contribution in [0.2, 0.25) is 0 Å². The van der Waals surface area contributed by atoms with E-state index in [1.54, 1.807) is 18.2 Å². The van der Waals surface area contributed by atoms with Gasteiger partial charge in [-0.05, 0) is 36.4 Å². The third-order valence-corrected chi connectivity index (χ3v) is 5.36. The lowest BCUT2D eigenvalue weighted by atomic mass is 10.2. The van der Waals surface area contributed by atoms with E-state index in [2.05, 4.69) is 10.3 Å². The van der Waals surface area contributed by atoms with Crippen molar-refractivity contribution in [1.82, 2.24) is 10.3 Å². The van der Waals surface area contributed by atoms with Gasteiger partial charge in [-0.1, -0.05) is 18.2 Å². The number of rotatable bonds is 9. The summed E-state index contributed by atoms with van der Waals surface area (Å²) in [6.07, 6.45) is -0.679. The van der Waals surface area contributed by atoms with E-state index in [9.17, 15) is 14.1 Å². The van der Waals surface area contributed by atoms with Crippen LogP contribution in [0.15, 0.2) is 70.4 Å². The van der Waals surface area contributed by atoms with Crippen LogP contribution in [0, 0.1) is 0 Å². The van der Waals surface area contributed by atoms with Crippen molar-refractivity contribution < 1.29 is 14.1 Å². The van der Waals surface area contributed by atoms with E-state index in [1.165, 1.54) is 6.07 Å². The van der Waals surface area contributed by atoms with Crippen LogP contribution in [0.25, 0.3) is 10.9 Å². The van der Waals surface area contributed by atoms with E-state index in [0.29, 0.717) is 24.6 Å². The average molecular weight is 386 g/mol. The van der Waals surface area contributed by atoms with Crippen molar-refractivity contribution in [1.29, 1.82) is 0 Å². The molecule has 0 amide bonds. The monoisotopic (exact) mass is 386 g/mol. The van der Waals surface area contributed by atoms with Gasteiger partial charge in [0.1, 0.15) is 18.5 Å². The molecule has 3 aromatic rings. The van der Waals surface area contributed by atoms with Gasteiger partial charge in [-0.25, -0.2) is 0 Å². The smallest absolute Gasteiger partial charge is 0.248 e. The summed E-state index contributed by atoms with van der Waals surface area (Å²) in [7, 11) is -1.05. The maximum absolute atomic E-state index is 12.1. The molecule has 0 aliphatic heterocycles. The molecule has 0 aliphatic carbocycles. The van der Waals surface area contributed by atoms with Gasteiger partial charge in [0.15, 0.2) is 0 Å². The Balaban J connectivity index is 1.39. The Labute approximate surface area is 159 Å². The molecule has 2 atom stereocenters. The number of hydrogen-bond acceptors (Lipinski definition) is 5. The summed E-state index contributed by atoms with van der Waals surface area (Å²) < 4.78 is 17.7. The predicted octanol–water partition coefficient (Wildman–Crippen LogP) is 1.67. The molecule has 7 heteroatoms. The van der Waals surface area contributed by atoms with Gasteiger partial charge in [0.05, 0.1) is 10.8 Å². The maximum atomic E-state index is 12.1. The molecule has 0 bridgehead atoms. The van der Waals surface area contributed by atoms with Crippen LogP contribution in [0.4, 0.5) is 0 Å². The highest BCUT2D eigenvalue weighted by molar-refractivity contribution is 7.85. The molecule has 142 valence electrons. The second kappa shape index (κ2) is 9.45. The van der Waals surface area contributed by atoms with Crippen LogP contribution in [0.5, 0.6) is 5.75 Å². The highest BCUT2D eigenvalue weighted by atomic mass is 32.2. The molecule has 0 aliphatic rings. The summed E-state index contributed by atoms with van der Waals surface area (Å²) in [6, 6.07) is 17.8. The van der Waals surface area contributed by atoms with Gasteiger partial charge in [-0.2, -0.15) is 0 Å². The van der Waals surface area contributed by atoms with E-state index in [-0.39, 0.29) is 12.2 Å². The second-order valence-electron chi connectivity index (χ2n) is 6.10. The van der Waals surface area contributed by atoms with Crippen LogP contribution in [0.1, 0.15) is 0 Å². The highest BCUT2D eigenvalue weighted by Gasteiger charge is 2.07. The van der Waals surface area contributed by atoms with Gasteiger partial charge >= 0.3 is 0 Å². The summed E-state index contributed by atoms with van der Waals surface area (Å²) >= 11 is 0. The Morgan fingerprint density at radius 2 is 1.93 bits per heavy atom. The van der Waals surface area contributed by atoms with Crippen molar-refractivity contribution in [2.45, 2.75) is 11.0 Å². The molecular formula is C20H22N2O4S. The number of H-pyrrole nitrogens is 1. The van der Waals surface area contributed by atoms with E-state index < -0.39 is 16.9 Å². The summed E-state index contributed by atoms with van der Waals surface area (Å²) in [5.41, 5.74) is 0.592. The molecule has 0 spiro atoms. The Kier molecular flexibility index (Phi) is 6.75. The zero-order chi connectivity index (χ0) is 19.1. The molecule has 27 heavy (non-hydrogen) atoms. The molecule has 2 aromatic carbocycles. The van der Waals surface area contributed by atoms with Crippen LogP contribution in [0.3, 0.4) is 0 Å². The normalized spacial score (nSPS) is 13.4. The van der Waals surface area contributed by atoms with Crippen LogP contribution >= 0.6 is 0 Å². The molecule has 1 heterocycles. The van der Waals surface area contributed by atoms with Crippen molar-refractivity contribution in [2.75, 3.05) is 25.4 Å². The summed E-state index contributed by atoms with van der Waals surface area (Å²) in [4.78, 5) is 14.8. The summed E-state index contributed by atoms with van der Waals surface area (Å²) in [6.45, 7) is 1.04. The SMILES string of the molecule is O=c1ccc2cc(OCC(O)CNCCS(=O)c3ccccc3)ccc2[nH]1. The Bertz CT molecular complexity index is 959. The minimum Gasteiger partial charge on any atom is -0.491 e. The van der Waals surface area contributed by atoms with Crippen molar-refractivity contribution >= 4 is 21.7 Å². The number of aliphatic hydroxyl groups is 1.